The number of nitrogens with one attached hydrogen (secondary N) is 1. The van der Waals surface area contributed by atoms with Gasteiger partial charge in [-0.15, -0.1) is 0 Å². The van der Waals surface area contributed by atoms with Crippen molar-refractivity contribution in [3.63, 3.8) is 0 Å². The van der Waals surface area contributed by atoms with Gasteiger partial charge in [0.05, 0.1) is 17.4 Å². The highest BCUT2D eigenvalue weighted by Gasteiger charge is 2.35. The molecule has 0 spiro atoms. The third kappa shape index (κ3) is 5.16. The third-order valence-corrected chi connectivity index (χ3v) is 7.54. The van der Waals surface area contributed by atoms with Crippen molar-refractivity contribution in [2.45, 2.75) is 64.8 Å². The van der Waals surface area contributed by atoms with Crippen molar-refractivity contribution < 1.29 is 9.90 Å². The lowest BCUT2D eigenvalue weighted by molar-refractivity contribution is -0.136. The van der Waals surface area contributed by atoms with Crippen LogP contribution in [0.1, 0.15) is 45.1 Å². The highest BCUT2D eigenvalue weighted by Crippen LogP contribution is 2.33. The van der Waals surface area contributed by atoms with Crippen LogP contribution in [0, 0.1) is 0 Å². The number of hydrogen-bond acceptors (Lipinski definition) is 6. The first-order chi connectivity index (χ1) is 18.7. The Morgan fingerprint density at radius 1 is 1.08 bits per heavy atom. The van der Waals surface area contributed by atoms with E-state index < -0.39 is 11.2 Å². The molecule has 0 saturated carbocycles. The van der Waals surface area contributed by atoms with Crippen LogP contribution in [0.2, 0.25) is 5.02 Å². The molecule has 0 bridgehead atoms. The molecule has 1 aliphatic heterocycles. The number of hydrogen-bond donors (Lipinski definition) is 2. The number of aryl methyl sites for hydroxylation is 1. The van der Waals surface area contributed by atoms with Gasteiger partial charge in [0.2, 0.25) is 5.91 Å². The predicted octanol–water partition coefficient (Wildman–Crippen LogP) is 2.73. The summed E-state index contributed by atoms with van der Waals surface area (Å²) < 4.78 is 4.30. The van der Waals surface area contributed by atoms with E-state index in [2.05, 4.69) is 15.1 Å². The van der Waals surface area contributed by atoms with Gasteiger partial charge in [-0.25, -0.2) is 9.78 Å². The average molecular weight is 554 g/mol. The largest absolute Gasteiger partial charge is 0.385 e. The number of carbonyl (C=O) groups is 1. The van der Waals surface area contributed by atoms with E-state index in [9.17, 15) is 19.5 Å². The first-order valence-corrected chi connectivity index (χ1v) is 13.6. The van der Waals surface area contributed by atoms with E-state index in [1.54, 1.807) is 29.4 Å². The molecule has 5 rings (SSSR count). The number of aliphatic hydroxyl groups is 1. The van der Waals surface area contributed by atoms with Crippen LogP contribution in [0.4, 0.5) is 0 Å². The fourth-order valence-corrected chi connectivity index (χ4v) is 5.26. The van der Waals surface area contributed by atoms with Gasteiger partial charge < -0.3 is 15.0 Å². The summed E-state index contributed by atoms with van der Waals surface area (Å²) in [6.07, 6.45) is 5.50. The van der Waals surface area contributed by atoms with Crippen molar-refractivity contribution >= 4 is 28.7 Å². The number of rotatable bonds is 8. The van der Waals surface area contributed by atoms with Crippen LogP contribution >= 0.6 is 11.6 Å². The molecule has 11 nitrogen and oxygen atoms in total. The van der Waals surface area contributed by atoms with Crippen molar-refractivity contribution in [1.82, 2.24) is 33.8 Å². The Kier molecular flexibility index (Phi) is 7.46. The summed E-state index contributed by atoms with van der Waals surface area (Å²) in [4.78, 5) is 48.3. The minimum Gasteiger partial charge on any atom is -0.385 e. The van der Waals surface area contributed by atoms with E-state index in [4.69, 9.17) is 11.6 Å². The molecule has 0 aliphatic carbocycles. The van der Waals surface area contributed by atoms with Gasteiger partial charge in [0.25, 0.3) is 5.56 Å². The molecule has 4 aromatic rings. The zero-order chi connectivity index (χ0) is 27.7. The minimum absolute atomic E-state index is 0.0312. The van der Waals surface area contributed by atoms with Gasteiger partial charge in [-0.1, -0.05) is 37.6 Å². The number of fused-ring (bicyclic) bond motifs is 1. The second-order valence-corrected chi connectivity index (χ2v) is 10.5. The Labute approximate surface area is 229 Å². The molecule has 39 heavy (non-hydrogen) atoms. The molecule has 206 valence electrons. The Bertz CT molecular complexity index is 1610. The van der Waals surface area contributed by atoms with Gasteiger partial charge in [0.1, 0.15) is 17.9 Å². The third-order valence-electron chi connectivity index (χ3n) is 7.28. The van der Waals surface area contributed by atoms with Crippen molar-refractivity contribution in [2.24, 2.45) is 0 Å². The van der Waals surface area contributed by atoms with Gasteiger partial charge >= 0.3 is 5.69 Å². The molecule has 4 heterocycles. The second-order valence-electron chi connectivity index (χ2n) is 10.0. The number of H-pyrrole nitrogens is 1. The number of benzene rings is 1. The summed E-state index contributed by atoms with van der Waals surface area (Å²) in [6, 6.07) is 7.16. The first kappa shape index (κ1) is 26.9. The topological polar surface area (TPSA) is 131 Å². The summed E-state index contributed by atoms with van der Waals surface area (Å²) in [5, 5.41) is 16.0. The highest BCUT2D eigenvalue weighted by atomic mass is 35.5. The molecule has 3 aromatic heterocycles. The highest BCUT2D eigenvalue weighted by molar-refractivity contribution is 6.30. The maximum atomic E-state index is 13.0. The average Bonchev–Trinajstić information content (AvgIpc) is 3.57. The van der Waals surface area contributed by atoms with Crippen LogP contribution in [0.25, 0.3) is 22.6 Å². The van der Waals surface area contributed by atoms with E-state index in [-0.39, 0.29) is 23.7 Å². The van der Waals surface area contributed by atoms with Crippen molar-refractivity contribution in [2.75, 3.05) is 13.1 Å². The van der Waals surface area contributed by atoms with Crippen LogP contribution in [0.15, 0.2) is 46.2 Å². The lowest BCUT2D eigenvalue weighted by atomic mass is 9.84. The molecule has 1 fully saturated rings. The number of piperidine rings is 1. The molecule has 0 unspecified atom stereocenters. The SMILES string of the molecule is CCCn1c(=O)c2[nH]c(-c3cnn(CC(=O)N4CCC(O)(c5ccc(Cl)cc5)CC4)c3)nc2n(CCC)c1=O. The number of imidazole rings is 1. The van der Waals surface area contributed by atoms with Gasteiger partial charge in [0.15, 0.2) is 5.65 Å². The van der Waals surface area contributed by atoms with Gasteiger partial charge in [-0.05, 0) is 43.4 Å². The second kappa shape index (κ2) is 10.8. The van der Waals surface area contributed by atoms with E-state index in [0.717, 1.165) is 12.0 Å². The summed E-state index contributed by atoms with van der Waals surface area (Å²) in [5.41, 5.74) is 0.250. The summed E-state index contributed by atoms with van der Waals surface area (Å²) in [5.74, 6) is 0.303. The minimum atomic E-state index is -0.990. The maximum absolute atomic E-state index is 13.0. The maximum Gasteiger partial charge on any atom is 0.332 e. The van der Waals surface area contributed by atoms with E-state index in [1.165, 1.54) is 13.8 Å². The monoisotopic (exact) mass is 553 g/mol. The summed E-state index contributed by atoms with van der Waals surface area (Å²) in [7, 11) is 0. The lowest BCUT2D eigenvalue weighted by Crippen LogP contribution is -2.46. The number of aromatic amines is 1. The number of amides is 1. The summed E-state index contributed by atoms with van der Waals surface area (Å²) >= 11 is 5.97. The fraction of sp³-hybridized carbons (Fsp3) is 0.444. The van der Waals surface area contributed by atoms with E-state index >= 15 is 0 Å². The van der Waals surface area contributed by atoms with Gasteiger partial charge in [-0.2, -0.15) is 5.10 Å². The van der Waals surface area contributed by atoms with Crippen molar-refractivity contribution in [1.29, 1.82) is 0 Å². The molecule has 12 heteroatoms. The quantitative estimate of drug-likeness (QED) is 0.345. The Hall–Kier alpha value is -3.70. The Balaban J connectivity index is 1.31. The van der Waals surface area contributed by atoms with Gasteiger partial charge in [0, 0.05) is 37.4 Å². The smallest absolute Gasteiger partial charge is 0.332 e. The van der Waals surface area contributed by atoms with Crippen LogP contribution in [-0.2, 0) is 30.0 Å². The van der Waals surface area contributed by atoms with E-state index in [0.29, 0.717) is 67.5 Å². The van der Waals surface area contributed by atoms with Crippen LogP contribution in [0.3, 0.4) is 0 Å². The number of carbonyl (C=O) groups excluding carboxylic acids is 1. The number of nitrogens with zero attached hydrogens (tertiary/aromatic N) is 6. The normalized spacial score (nSPS) is 15.2. The number of halogens is 1. The molecule has 1 saturated heterocycles. The standard InChI is InChI=1S/C27H32ClN7O4/c1-3-11-34-24-22(25(37)35(12-4-2)26(34)38)30-23(31-24)18-15-29-33(16-18)17-21(36)32-13-9-27(39,10-14-32)19-5-7-20(28)8-6-19/h5-8,15-16,39H,3-4,9-14,17H2,1-2H3,(H,30,31). The van der Waals surface area contributed by atoms with Crippen LogP contribution in [-0.4, -0.2) is 57.9 Å². The summed E-state index contributed by atoms with van der Waals surface area (Å²) in [6.45, 7) is 5.53. The molecule has 1 amide bonds. The van der Waals surface area contributed by atoms with Crippen molar-refractivity contribution in [3.8, 4) is 11.4 Å². The number of aromatic nitrogens is 6. The zero-order valence-electron chi connectivity index (χ0n) is 22.1. The molecule has 2 N–H and O–H groups in total. The molecule has 1 aliphatic rings. The molecule has 1 aromatic carbocycles. The predicted molar refractivity (Wildman–Crippen MR) is 148 cm³/mol. The van der Waals surface area contributed by atoms with Crippen LogP contribution < -0.4 is 11.2 Å². The zero-order valence-corrected chi connectivity index (χ0v) is 22.8. The van der Waals surface area contributed by atoms with Crippen molar-refractivity contribution in [3.05, 3.63) is 68.1 Å². The van der Waals surface area contributed by atoms with Crippen LogP contribution in [0.5, 0.6) is 0 Å². The Morgan fingerprint density at radius 2 is 1.74 bits per heavy atom. The lowest BCUT2D eigenvalue weighted by Gasteiger charge is -2.38. The van der Waals surface area contributed by atoms with E-state index in [1.807, 2.05) is 26.0 Å². The molecular formula is C27H32ClN7O4. The fourth-order valence-electron chi connectivity index (χ4n) is 5.14. The number of likely N-dealkylation sites (tertiary alicyclic amines) is 1. The molecule has 0 atom stereocenters. The molecule has 0 radical (unpaired) electrons. The Morgan fingerprint density at radius 3 is 2.41 bits per heavy atom. The molecular weight excluding hydrogens is 522 g/mol. The van der Waals surface area contributed by atoms with Gasteiger partial charge in [-0.3, -0.25) is 23.4 Å². The first-order valence-electron chi connectivity index (χ1n) is 13.3.